The maximum Gasteiger partial charge on any atom is 0.244 e. The van der Waals surface area contributed by atoms with Gasteiger partial charge in [-0.3, -0.25) is 0 Å². The number of anilines is 1. The quantitative estimate of drug-likeness (QED) is 0.535. The number of pyridine rings is 1. The van der Waals surface area contributed by atoms with Crippen LogP contribution in [0, 0.1) is 5.41 Å². The fourth-order valence-electron chi connectivity index (χ4n) is 1.89. The van der Waals surface area contributed by atoms with E-state index in [2.05, 4.69) is 38.0 Å². The first-order valence-electron chi connectivity index (χ1n) is 6.04. The van der Waals surface area contributed by atoms with Crippen LogP contribution in [0.25, 0.3) is 0 Å². The van der Waals surface area contributed by atoms with Crippen molar-refractivity contribution in [2.75, 3.05) is 12.0 Å². The third-order valence-corrected chi connectivity index (χ3v) is 5.44. The van der Waals surface area contributed by atoms with Gasteiger partial charge in [0.2, 0.25) is 10.0 Å². The summed E-state index contributed by atoms with van der Waals surface area (Å²) in [4.78, 5) is 3.99. The lowest BCUT2D eigenvalue weighted by Crippen LogP contribution is -2.31. The van der Waals surface area contributed by atoms with Crippen molar-refractivity contribution in [2.24, 2.45) is 11.3 Å². The van der Waals surface area contributed by atoms with Crippen LogP contribution in [0.1, 0.15) is 26.2 Å². The normalized spacial score (nSPS) is 17.2. The number of nitrogen functional groups attached to an aromatic ring is 1. The Morgan fingerprint density at radius 2 is 2.21 bits per heavy atom. The number of sulfonamides is 1. The summed E-state index contributed by atoms with van der Waals surface area (Å²) in [5.41, 5.74) is 2.45. The summed E-state index contributed by atoms with van der Waals surface area (Å²) in [6.07, 6.45) is 4.62. The fraction of sp³-hybridized carbons (Fsp3) is 0.545. The molecule has 1 heterocycles. The molecule has 0 radical (unpaired) electrons. The average molecular weight is 349 g/mol. The number of nitrogens with two attached hydrogens (primary N) is 1. The SMILES string of the molecule is CCC1(CNS(=O)(=O)c2cc(Br)cnc2NN)CC1. The molecule has 1 aliphatic rings. The van der Waals surface area contributed by atoms with Crippen molar-refractivity contribution in [1.82, 2.24) is 9.71 Å². The van der Waals surface area contributed by atoms with Gasteiger partial charge in [0.15, 0.2) is 5.82 Å². The second-order valence-corrected chi connectivity index (χ2v) is 7.47. The van der Waals surface area contributed by atoms with Gasteiger partial charge in [0.25, 0.3) is 0 Å². The molecule has 1 aromatic rings. The summed E-state index contributed by atoms with van der Waals surface area (Å²) in [5, 5.41) is 0. The molecule has 0 aliphatic heterocycles. The van der Waals surface area contributed by atoms with Gasteiger partial charge in [-0.2, -0.15) is 0 Å². The number of nitrogens with zero attached hydrogens (tertiary/aromatic N) is 1. The Morgan fingerprint density at radius 1 is 1.53 bits per heavy atom. The second-order valence-electron chi connectivity index (χ2n) is 4.82. The summed E-state index contributed by atoms with van der Waals surface area (Å²) >= 11 is 3.21. The third kappa shape index (κ3) is 3.25. The fourth-order valence-corrected chi connectivity index (χ4v) is 3.67. The van der Waals surface area contributed by atoms with Gasteiger partial charge in [0, 0.05) is 17.2 Å². The number of nitrogens with one attached hydrogen (secondary N) is 2. The Hall–Kier alpha value is -0.700. The average Bonchev–Trinajstić information content (AvgIpc) is 3.17. The number of halogens is 1. The highest BCUT2D eigenvalue weighted by atomic mass is 79.9. The highest BCUT2D eigenvalue weighted by Crippen LogP contribution is 2.48. The highest BCUT2D eigenvalue weighted by Gasteiger charge is 2.41. The van der Waals surface area contributed by atoms with Gasteiger partial charge in [-0.25, -0.2) is 24.0 Å². The molecule has 0 saturated heterocycles. The Bertz CT molecular complexity index is 572. The number of rotatable bonds is 6. The molecule has 19 heavy (non-hydrogen) atoms. The van der Waals surface area contributed by atoms with E-state index >= 15 is 0 Å². The summed E-state index contributed by atoms with van der Waals surface area (Å²) in [7, 11) is -3.61. The lowest BCUT2D eigenvalue weighted by atomic mass is 10.1. The number of hydrogen-bond donors (Lipinski definition) is 3. The summed E-state index contributed by atoms with van der Waals surface area (Å²) < 4.78 is 27.8. The van der Waals surface area contributed by atoms with Gasteiger partial charge in [-0.15, -0.1) is 0 Å². The van der Waals surface area contributed by atoms with E-state index in [4.69, 9.17) is 5.84 Å². The van der Waals surface area contributed by atoms with E-state index in [-0.39, 0.29) is 16.1 Å². The van der Waals surface area contributed by atoms with E-state index < -0.39 is 10.0 Å². The zero-order chi connectivity index (χ0) is 14.1. The Kier molecular flexibility index (Phi) is 4.14. The Morgan fingerprint density at radius 3 is 2.74 bits per heavy atom. The molecule has 4 N–H and O–H groups in total. The summed E-state index contributed by atoms with van der Waals surface area (Å²) in [5.74, 6) is 5.43. The molecule has 1 fully saturated rings. The van der Waals surface area contributed by atoms with Gasteiger partial charge in [0.1, 0.15) is 4.90 Å². The van der Waals surface area contributed by atoms with E-state index in [1.54, 1.807) is 0 Å². The van der Waals surface area contributed by atoms with Crippen molar-refractivity contribution in [2.45, 2.75) is 31.1 Å². The first kappa shape index (κ1) is 14.7. The minimum atomic E-state index is -3.61. The van der Waals surface area contributed by atoms with E-state index in [1.165, 1.54) is 12.3 Å². The van der Waals surface area contributed by atoms with Crippen LogP contribution in [0.15, 0.2) is 21.6 Å². The largest absolute Gasteiger partial charge is 0.307 e. The van der Waals surface area contributed by atoms with Crippen molar-refractivity contribution >= 4 is 31.8 Å². The van der Waals surface area contributed by atoms with Crippen LogP contribution in [0.2, 0.25) is 0 Å². The van der Waals surface area contributed by atoms with Gasteiger partial charge >= 0.3 is 0 Å². The topological polar surface area (TPSA) is 97.1 Å². The number of hydrogen-bond acceptors (Lipinski definition) is 5. The molecule has 106 valence electrons. The van der Waals surface area contributed by atoms with Gasteiger partial charge in [0.05, 0.1) is 0 Å². The first-order chi connectivity index (χ1) is 8.92. The summed E-state index contributed by atoms with van der Waals surface area (Å²) in [6.45, 7) is 2.54. The van der Waals surface area contributed by atoms with Crippen molar-refractivity contribution in [1.29, 1.82) is 0 Å². The Labute approximate surface area is 121 Å². The minimum absolute atomic E-state index is 0.0521. The lowest BCUT2D eigenvalue weighted by molar-refractivity contribution is 0.475. The van der Waals surface area contributed by atoms with Crippen molar-refractivity contribution < 1.29 is 8.42 Å². The molecule has 0 atom stereocenters. The molecule has 1 aliphatic carbocycles. The maximum atomic E-state index is 12.3. The standard InChI is InChI=1S/C11H17BrN4O2S/c1-2-11(3-4-11)7-15-19(17,18)9-5-8(12)6-14-10(9)16-13/h5-6,15H,2-4,7,13H2,1H3,(H,14,16). The molecule has 1 aromatic heterocycles. The van der Waals surface area contributed by atoms with Crippen LogP contribution in [0.3, 0.4) is 0 Å². The maximum absolute atomic E-state index is 12.3. The van der Waals surface area contributed by atoms with E-state index in [0.29, 0.717) is 11.0 Å². The lowest BCUT2D eigenvalue weighted by Gasteiger charge is -2.15. The second kappa shape index (κ2) is 5.35. The monoisotopic (exact) mass is 348 g/mol. The molecular formula is C11H17BrN4O2S. The van der Waals surface area contributed by atoms with Gasteiger partial charge < -0.3 is 5.43 Å². The van der Waals surface area contributed by atoms with Crippen LogP contribution < -0.4 is 16.0 Å². The van der Waals surface area contributed by atoms with Crippen LogP contribution in [0.5, 0.6) is 0 Å². The molecule has 8 heteroatoms. The van der Waals surface area contributed by atoms with Crippen LogP contribution in [0.4, 0.5) is 5.82 Å². The number of aromatic nitrogens is 1. The molecule has 2 rings (SSSR count). The molecule has 0 aromatic carbocycles. The predicted octanol–water partition coefficient (Wildman–Crippen LogP) is 1.60. The van der Waals surface area contributed by atoms with E-state index in [1.807, 2.05) is 0 Å². The predicted molar refractivity (Wildman–Crippen MR) is 76.9 cm³/mol. The highest BCUT2D eigenvalue weighted by molar-refractivity contribution is 9.10. The molecule has 0 amide bonds. The van der Waals surface area contributed by atoms with Crippen LogP contribution in [-0.4, -0.2) is 19.9 Å². The molecule has 0 bridgehead atoms. The van der Waals surface area contributed by atoms with Gasteiger partial charge in [-0.1, -0.05) is 6.92 Å². The molecular weight excluding hydrogens is 332 g/mol. The zero-order valence-corrected chi connectivity index (χ0v) is 13.0. The molecule has 1 saturated carbocycles. The molecule has 0 spiro atoms. The summed E-state index contributed by atoms with van der Waals surface area (Å²) in [6, 6.07) is 1.48. The first-order valence-corrected chi connectivity index (χ1v) is 8.32. The number of hydrazine groups is 1. The van der Waals surface area contributed by atoms with Crippen molar-refractivity contribution in [3.63, 3.8) is 0 Å². The third-order valence-electron chi connectivity index (χ3n) is 3.59. The van der Waals surface area contributed by atoms with Crippen molar-refractivity contribution in [3.05, 3.63) is 16.7 Å². The molecule has 0 unspecified atom stereocenters. The van der Waals surface area contributed by atoms with Crippen LogP contribution >= 0.6 is 15.9 Å². The minimum Gasteiger partial charge on any atom is -0.307 e. The molecule has 6 nitrogen and oxygen atoms in total. The van der Waals surface area contributed by atoms with E-state index in [0.717, 1.165) is 19.3 Å². The van der Waals surface area contributed by atoms with Crippen molar-refractivity contribution in [3.8, 4) is 0 Å². The zero-order valence-electron chi connectivity index (χ0n) is 10.6. The smallest absolute Gasteiger partial charge is 0.244 e. The van der Waals surface area contributed by atoms with Gasteiger partial charge in [-0.05, 0) is 46.7 Å². The van der Waals surface area contributed by atoms with Crippen LogP contribution in [-0.2, 0) is 10.0 Å². The van der Waals surface area contributed by atoms with E-state index in [9.17, 15) is 8.42 Å². The Balaban J connectivity index is 2.21.